The number of anilines is 1. The number of carbonyl (C=O) groups is 2. The third kappa shape index (κ3) is 6.18. The van der Waals surface area contributed by atoms with Crippen LogP contribution in [0, 0.1) is 6.92 Å². The van der Waals surface area contributed by atoms with E-state index in [9.17, 15) is 9.59 Å². The molecule has 3 rings (SSSR count). The number of hydrogen-bond acceptors (Lipinski definition) is 4. The molecule has 6 nitrogen and oxygen atoms in total. The van der Waals surface area contributed by atoms with E-state index < -0.39 is 11.8 Å². The molecule has 3 aromatic carbocycles. The maximum absolute atomic E-state index is 11.9. The predicted molar refractivity (Wildman–Crippen MR) is 118 cm³/mol. The summed E-state index contributed by atoms with van der Waals surface area (Å²) in [5.41, 5.74) is 5.38. The number of benzene rings is 3. The van der Waals surface area contributed by atoms with Gasteiger partial charge in [0.15, 0.2) is 0 Å². The summed E-state index contributed by atoms with van der Waals surface area (Å²) < 4.78 is 5.76. The molecule has 0 fully saturated rings. The molecule has 2 amide bonds. The second-order valence-electron chi connectivity index (χ2n) is 6.47. The number of amides is 2. The smallest absolute Gasteiger partial charge is 0.329 e. The molecule has 0 saturated heterocycles. The lowest BCUT2D eigenvalue weighted by Crippen LogP contribution is -2.32. The Bertz CT molecular complexity index is 1070. The van der Waals surface area contributed by atoms with Gasteiger partial charge in [0.05, 0.1) is 6.21 Å². The molecule has 30 heavy (non-hydrogen) atoms. The van der Waals surface area contributed by atoms with Crippen molar-refractivity contribution in [2.45, 2.75) is 13.5 Å². The topological polar surface area (TPSA) is 79.8 Å². The van der Waals surface area contributed by atoms with Gasteiger partial charge in [0.25, 0.3) is 0 Å². The van der Waals surface area contributed by atoms with Gasteiger partial charge in [0.2, 0.25) is 0 Å². The number of hydrogen-bond donors (Lipinski definition) is 2. The molecule has 0 heterocycles. The Morgan fingerprint density at radius 3 is 2.53 bits per heavy atom. The van der Waals surface area contributed by atoms with E-state index in [1.165, 1.54) is 6.21 Å². The first-order valence-electron chi connectivity index (χ1n) is 9.18. The first-order valence-corrected chi connectivity index (χ1v) is 9.56. The number of hydrazone groups is 1. The van der Waals surface area contributed by atoms with Crippen LogP contribution in [-0.4, -0.2) is 18.0 Å². The molecule has 152 valence electrons. The largest absolute Gasteiger partial charge is 0.489 e. The molecule has 0 bridgehead atoms. The van der Waals surface area contributed by atoms with Crippen molar-refractivity contribution in [2.24, 2.45) is 5.10 Å². The van der Waals surface area contributed by atoms with Crippen molar-refractivity contribution in [3.63, 3.8) is 0 Å². The summed E-state index contributed by atoms with van der Waals surface area (Å²) >= 11 is 6.13. The molecule has 0 aliphatic carbocycles. The first-order chi connectivity index (χ1) is 14.5. The zero-order chi connectivity index (χ0) is 21.3. The van der Waals surface area contributed by atoms with Gasteiger partial charge in [-0.1, -0.05) is 59.6 Å². The van der Waals surface area contributed by atoms with Crippen molar-refractivity contribution in [1.82, 2.24) is 5.43 Å². The monoisotopic (exact) mass is 421 g/mol. The van der Waals surface area contributed by atoms with Gasteiger partial charge < -0.3 is 10.1 Å². The summed E-state index contributed by atoms with van der Waals surface area (Å²) in [4.78, 5) is 23.8. The Morgan fingerprint density at radius 1 is 1.00 bits per heavy atom. The normalized spacial score (nSPS) is 10.6. The molecule has 0 atom stereocenters. The third-order valence-electron chi connectivity index (χ3n) is 4.11. The highest BCUT2D eigenvalue weighted by molar-refractivity contribution is 6.39. The summed E-state index contributed by atoms with van der Waals surface area (Å²) in [5, 5.41) is 6.98. The predicted octanol–water partition coefficient (Wildman–Crippen LogP) is 4.32. The summed E-state index contributed by atoms with van der Waals surface area (Å²) in [7, 11) is 0. The van der Waals surface area contributed by atoms with Crippen LogP contribution in [0.4, 0.5) is 5.69 Å². The summed E-state index contributed by atoms with van der Waals surface area (Å²) in [5.74, 6) is -1.03. The van der Waals surface area contributed by atoms with Gasteiger partial charge in [-0.3, -0.25) is 9.59 Å². The van der Waals surface area contributed by atoms with Crippen molar-refractivity contribution in [3.05, 3.63) is 94.5 Å². The van der Waals surface area contributed by atoms with Gasteiger partial charge in [-0.15, -0.1) is 0 Å². The highest BCUT2D eigenvalue weighted by atomic mass is 35.5. The Hall–Kier alpha value is -3.64. The number of halogens is 1. The fourth-order valence-electron chi connectivity index (χ4n) is 2.50. The number of rotatable bonds is 6. The second kappa shape index (κ2) is 10.2. The van der Waals surface area contributed by atoms with E-state index in [1.807, 2.05) is 43.3 Å². The van der Waals surface area contributed by atoms with Crippen LogP contribution in [0.15, 0.2) is 77.9 Å². The van der Waals surface area contributed by atoms with Crippen LogP contribution in [0.5, 0.6) is 5.75 Å². The maximum Gasteiger partial charge on any atom is 0.329 e. The zero-order valence-electron chi connectivity index (χ0n) is 16.3. The van der Waals surface area contributed by atoms with E-state index >= 15 is 0 Å². The van der Waals surface area contributed by atoms with Crippen LogP contribution in [0.1, 0.15) is 16.7 Å². The standard InChI is InChI=1S/C23H20ClN3O3/c1-16-9-11-19(12-10-16)26-22(28)23(29)27-25-14-17-5-4-7-20(13-17)30-15-18-6-2-3-8-21(18)24/h2-14H,15H2,1H3,(H,26,28)(H,27,29)/b25-14-. The van der Waals surface area contributed by atoms with Gasteiger partial charge in [0, 0.05) is 16.3 Å². The molecule has 3 aromatic rings. The SMILES string of the molecule is Cc1ccc(NC(=O)C(=O)N/N=C\c2cccc(OCc3ccccc3Cl)c2)cc1. The van der Waals surface area contributed by atoms with Gasteiger partial charge in [-0.05, 0) is 42.8 Å². The fraction of sp³-hybridized carbons (Fsp3) is 0.0870. The minimum absolute atomic E-state index is 0.330. The minimum Gasteiger partial charge on any atom is -0.489 e. The molecule has 0 aromatic heterocycles. The van der Waals surface area contributed by atoms with Crippen molar-refractivity contribution in [3.8, 4) is 5.75 Å². The lowest BCUT2D eigenvalue weighted by Gasteiger charge is -2.08. The Balaban J connectivity index is 1.52. The molecule has 2 N–H and O–H groups in total. The molecular formula is C23H20ClN3O3. The van der Waals surface area contributed by atoms with Crippen LogP contribution in [-0.2, 0) is 16.2 Å². The van der Waals surface area contributed by atoms with Crippen LogP contribution in [0.3, 0.4) is 0 Å². The maximum atomic E-state index is 11.9. The molecule has 7 heteroatoms. The second-order valence-corrected chi connectivity index (χ2v) is 6.88. The van der Waals surface area contributed by atoms with E-state index in [-0.39, 0.29) is 0 Å². The quantitative estimate of drug-likeness (QED) is 0.353. The number of carbonyl (C=O) groups excluding carboxylic acids is 2. The molecule has 0 unspecified atom stereocenters. The van der Waals surface area contributed by atoms with Crippen molar-refractivity contribution in [2.75, 3.05) is 5.32 Å². The third-order valence-corrected chi connectivity index (χ3v) is 4.47. The average Bonchev–Trinajstić information content (AvgIpc) is 2.75. The van der Waals surface area contributed by atoms with Crippen molar-refractivity contribution < 1.29 is 14.3 Å². The molecule has 0 radical (unpaired) electrons. The van der Waals surface area contributed by atoms with Crippen molar-refractivity contribution >= 4 is 35.3 Å². The number of nitrogens with zero attached hydrogens (tertiary/aromatic N) is 1. The average molecular weight is 422 g/mol. The Kier molecular flexibility index (Phi) is 7.19. The van der Waals surface area contributed by atoms with Crippen LogP contribution >= 0.6 is 11.6 Å². The lowest BCUT2D eigenvalue weighted by atomic mass is 10.2. The molecule has 0 aliphatic heterocycles. The summed E-state index contributed by atoms with van der Waals surface area (Å²) in [6, 6.07) is 21.7. The zero-order valence-corrected chi connectivity index (χ0v) is 17.0. The first kappa shape index (κ1) is 21.1. The Morgan fingerprint density at radius 2 is 1.77 bits per heavy atom. The highest BCUT2D eigenvalue weighted by Gasteiger charge is 2.12. The van der Waals surface area contributed by atoms with E-state index in [2.05, 4.69) is 15.8 Å². The highest BCUT2D eigenvalue weighted by Crippen LogP contribution is 2.19. The number of aryl methyl sites for hydroxylation is 1. The van der Waals surface area contributed by atoms with E-state index in [4.69, 9.17) is 16.3 Å². The van der Waals surface area contributed by atoms with Crippen LogP contribution in [0.2, 0.25) is 5.02 Å². The molecular weight excluding hydrogens is 402 g/mol. The molecule has 0 saturated carbocycles. The molecule has 0 spiro atoms. The Labute approximate surface area is 179 Å². The fourth-order valence-corrected chi connectivity index (χ4v) is 2.69. The van der Waals surface area contributed by atoms with E-state index in [0.29, 0.717) is 28.6 Å². The number of nitrogens with one attached hydrogen (secondary N) is 2. The van der Waals surface area contributed by atoms with Crippen molar-refractivity contribution in [1.29, 1.82) is 0 Å². The van der Waals surface area contributed by atoms with Gasteiger partial charge >= 0.3 is 11.8 Å². The number of ether oxygens (including phenoxy) is 1. The van der Waals surface area contributed by atoms with E-state index in [0.717, 1.165) is 11.1 Å². The minimum atomic E-state index is -0.863. The lowest BCUT2D eigenvalue weighted by molar-refractivity contribution is -0.136. The molecule has 0 aliphatic rings. The summed E-state index contributed by atoms with van der Waals surface area (Å²) in [6.45, 7) is 2.26. The van der Waals surface area contributed by atoms with Crippen LogP contribution < -0.4 is 15.5 Å². The van der Waals surface area contributed by atoms with Gasteiger partial charge in [0.1, 0.15) is 12.4 Å². The van der Waals surface area contributed by atoms with Crippen LogP contribution in [0.25, 0.3) is 0 Å². The van der Waals surface area contributed by atoms with E-state index in [1.54, 1.807) is 36.4 Å². The van der Waals surface area contributed by atoms with Gasteiger partial charge in [-0.25, -0.2) is 5.43 Å². The van der Waals surface area contributed by atoms with Gasteiger partial charge in [-0.2, -0.15) is 5.10 Å². The summed E-state index contributed by atoms with van der Waals surface area (Å²) in [6.07, 6.45) is 1.43.